The van der Waals surface area contributed by atoms with Gasteiger partial charge in [-0.25, -0.2) is 0 Å². The van der Waals surface area contributed by atoms with Crippen LogP contribution in [0.1, 0.15) is 13.3 Å². The Morgan fingerprint density at radius 3 is 2.65 bits per heavy atom. The summed E-state index contributed by atoms with van der Waals surface area (Å²) >= 11 is 1.86. The van der Waals surface area contributed by atoms with E-state index in [0.29, 0.717) is 32.4 Å². The Morgan fingerprint density at radius 1 is 1.35 bits per heavy atom. The van der Waals surface area contributed by atoms with Crippen LogP contribution < -0.4 is 0 Å². The maximum absolute atomic E-state index is 9.78. The number of aliphatic hydroxyl groups excluding tert-OH is 1. The van der Waals surface area contributed by atoms with Crippen LogP contribution in [0.3, 0.4) is 0 Å². The van der Waals surface area contributed by atoms with Crippen molar-refractivity contribution in [3.05, 3.63) is 0 Å². The van der Waals surface area contributed by atoms with Gasteiger partial charge >= 0.3 is 0 Å². The van der Waals surface area contributed by atoms with Crippen molar-refractivity contribution >= 4 is 11.8 Å². The molecule has 0 amide bonds. The Bertz CT molecular complexity index is 172. The number of hydrogen-bond acceptors (Lipinski definition) is 5. The first kappa shape index (κ1) is 17.2. The van der Waals surface area contributed by atoms with Gasteiger partial charge in [-0.15, -0.1) is 0 Å². The largest absolute Gasteiger partial charge is 0.389 e. The Labute approximate surface area is 110 Å². The van der Waals surface area contributed by atoms with Crippen LogP contribution in [0.2, 0.25) is 0 Å². The SMILES string of the molecule is COCCOCC(O)CN(C)C(C)CCSC. The zero-order valence-electron chi connectivity index (χ0n) is 11.5. The standard InChI is InChI=1S/C12H27NO3S/c1-11(5-8-17-4)13(2)9-12(14)10-16-7-6-15-3/h11-12,14H,5-10H2,1-4H3. The normalized spacial score (nSPS) is 15.2. The molecule has 2 atom stereocenters. The molecule has 0 aromatic heterocycles. The molecule has 0 rings (SSSR count). The molecule has 0 aliphatic rings. The molecule has 0 aliphatic heterocycles. The van der Waals surface area contributed by atoms with Gasteiger partial charge in [-0.1, -0.05) is 0 Å². The molecule has 0 spiro atoms. The molecule has 0 radical (unpaired) electrons. The third kappa shape index (κ3) is 9.85. The van der Waals surface area contributed by atoms with E-state index >= 15 is 0 Å². The highest BCUT2D eigenvalue weighted by molar-refractivity contribution is 7.98. The lowest BCUT2D eigenvalue weighted by atomic mass is 10.2. The second-order valence-corrected chi connectivity index (χ2v) is 5.28. The summed E-state index contributed by atoms with van der Waals surface area (Å²) in [5, 5.41) is 9.78. The van der Waals surface area contributed by atoms with Gasteiger partial charge in [0.15, 0.2) is 0 Å². The Balaban J connectivity index is 3.59. The summed E-state index contributed by atoms with van der Waals surface area (Å²) < 4.78 is 10.2. The van der Waals surface area contributed by atoms with Gasteiger partial charge in [0.05, 0.1) is 25.9 Å². The number of aliphatic hydroxyl groups is 1. The van der Waals surface area contributed by atoms with Crippen molar-refractivity contribution in [2.45, 2.75) is 25.5 Å². The minimum Gasteiger partial charge on any atom is -0.389 e. The van der Waals surface area contributed by atoms with E-state index in [1.807, 2.05) is 18.8 Å². The van der Waals surface area contributed by atoms with Gasteiger partial charge in [0.25, 0.3) is 0 Å². The van der Waals surface area contributed by atoms with Gasteiger partial charge in [-0.2, -0.15) is 11.8 Å². The quantitative estimate of drug-likeness (QED) is 0.566. The molecule has 0 saturated heterocycles. The molecular formula is C12H27NO3S. The summed E-state index contributed by atoms with van der Waals surface area (Å²) in [4.78, 5) is 2.18. The highest BCUT2D eigenvalue weighted by Gasteiger charge is 2.13. The van der Waals surface area contributed by atoms with Crippen molar-refractivity contribution in [3.63, 3.8) is 0 Å². The zero-order valence-corrected chi connectivity index (χ0v) is 12.3. The number of rotatable bonds is 11. The molecule has 17 heavy (non-hydrogen) atoms. The van der Waals surface area contributed by atoms with E-state index in [1.165, 1.54) is 0 Å². The van der Waals surface area contributed by atoms with Crippen molar-refractivity contribution in [1.82, 2.24) is 4.90 Å². The van der Waals surface area contributed by atoms with Crippen LogP contribution in [0, 0.1) is 0 Å². The van der Waals surface area contributed by atoms with Crippen molar-refractivity contribution in [3.8, 4) is 0 Å². The highest BCUT2D eigenvalue weighted by atomic mass is 32.2. The van der Waals surface area contributed by atoms with Gasteiger partial charge in [-0.05, 0) is 32.4 Å². The van der Waals surface area contributed by atoms with E-state index in [9.17, 15) is 5.11 Å². The molecule has 0 aromatic carbocycles. The fraction of sp³-hybridized carbons (Fsp3) is 1.00. The predicted molar refractivity (Wildman–Crippen MR) is 73.8 cm³/mol. The lowest BCUT2D eigenvalue weighted by Gasteiger charge is -2.26. The maximum atomic E-state index is 9.78. The lowest BCUT2D eigenvalue weighted by Crippen LogP contribution is -2.38. The minimum absolute atomic E-state index is 0.378. The van der Waals surface area contributed by atoms with Gasteiger partial charge in [-0.3, -0.25) is 0 Å². The van der Waals surface area contributed by atoms with Gasteiger partial charge < -0.3 is 19.5 Å². The van der Waals surface area contributed by atoms with Crippen molar-refractivity contribution in [1.29, 1.82) is 0 Å². The van der Waals surface area contributed by atoms with Crippen molar-refractivity contribution in [2.24, 2.45) is 0 Å². The van der Waals surface area contributed by atoms with Crippen LogP contribution in [0.25, 0.3) is 0 Å². The van der Waals surface area contributed by atoms with Crippen LogP contribution in [0.15, 0.2) is 0 Å². The van der Waals surface area contributed by atoms with Gasteiger partial charge in [0.2, 0.25) is 0 Å². The maximum Gasteiger partial charge on any atom is 0.0900 e. The van der Waals surface area contributed by atoms with E-state index in [0.717, 1.165) is 12.2 Å². The molecule has 4 nitrogen and oxygen atoms in total. The topological polar surface area (TPSA) is 41.9 Å². The molecule has 0 aliphatic carbocycles. The van der Waals surface area contributed by atoms with E-state index in [4.69, 9.17) is 9.47 Å². The predicted octanol–water partition coefficient (Wildman–Crippen LogP) is 1.08. The molecule has 0 saturated carbocycles. The van der Waals surface area contributed by atoms with Crippen LogP contribution in [0.5, 0.6) is 0 Å². The Kier molecular flexibility index (Phi) is 11.4. The summed E-state index contributed by atoms with van der Waals surface area (Å²) in [6.45, 7) is 4.34. The number of methoxy groups -OCH3 is 1. The first-order chi connectivity index (χ1) is 8.11. The lowest BCUT2D eigenvalue weighted by molar-refractivity contribution is -0.00154. The first-order valence-electron chi connectivity index (χ1n) is 6.05. The van der Waals surface area contributed by atoms with E-state index in [1.54, 1.807) is 7.11 Å². The number of nitrogens with zero attached hydrogens (tertiary/aromatic N) is 1. The number of hydrogen-bond donors (Lipinski definition) is 1. The van der Waals surface area contributed by atoms with Crippen LogP contribution in [-0.4, -0.2) is 74.7 Å². The van der Waals surface area contributed by atoms with Crippen molar-refractivity contribution in [2.75, 3.05) is 52.5 Å². The Morgan fingerprint density at radius 2 is 2.06 bits per heavy atom. The van der Waals surface area contributed by atoms with E-state index in [2.05, 4.69) is 18.1 Å². The molecule has 0 heterocycles. The van der Waals surface area contributed by atoms with Crippen molar-refractivity contribution < 1.29 is 14.6 Å². The minimum atomic E-state index is -0.423. The average Bonchev–Trinajstić information content (AvgIpc) is 2.31. The molecule has 1 N–H and O–H groups in total. The van der Waals surface area contributed by atoms with E-state index < -0.39 is 6.10 Å². The fourth-order valence-corrected chi connectivity index (χ4v) is 2.01. The summed E-state index contributed by atoms with van der Waals surface area (Å²) in [6.07, 6.45) is 2.84. The third-order valence-corrected chi connectivity index (χ3v) is 3.38. The van der Waals surface area contributed by atoms with Crippen LogP contribution in [0.4, 0.5) is 0 Å². The molecule has 0 fully saturated rings. The Hall–Kier alpha value is 0.190. The molecule has 5 heteroatoms. The summed E-state index contributed by atoms with van der Waals surface area (Å²) in [5.41, 5.74) is 0. The second-order valence-electron chi connectivity index (χ2n) is 4.29. The monoisotopic (exact) mass is 265 g/mol. The number of thioether (sulfide) groups is 1. The third-order valence-electron chi connectivity index (χ3n) is 2.73. The average molecular weight is 265 g/mol. The summed E-state index contributed by atoms with van der Waals surface area (Å²) in [6, 6.07) is 0.496. The number of likely N-dealkylation sites (N-methyl/N-ethyl adjacent to an activating group) is 1. The van der Waals surface area contributed by atoms with Crippen LogP contribution >= 0.6 is 11.8 Å². The van der Waals surface area contributed by atoms with Gasteiger partial charge in [0.1, 0.15) is 0 Å². The molecule has 104 valence electrons. The molecule has 0 bridgehead atoms. The highest BCUT2D eigenvalue weighted by Crippen LogP contribution is 2.06. The first-order valence-corrected chi connectivity index (χ1v) is 7.45. The molecular weight excluding hydrogens is 238 g/mol. The molecule has 0 aromatic rings. The fourth-order valence-electron chi connectivity index (χ4n) is 1.44. The summed E-state index contributed by atoms with van der Waals surface area (Å²) in [7, 11) is 3.68. The molecule has 2 unspecified atom stereocenters. The summed E-state index contributed by atoms with van der Waals surface area (Å²) in [5.74, 6) is 1.16. The van der Waals surface area contributed by atoms with E-state index in [-0.39, 0.29) is 0 Å². The van der Waals surface area contributed by atoms with Crippen LogP contribution in [-0.2, 0) is 9.47 Å². The number of ether oxygens (including phenoxy) is 2. The van der Waals surface area contributed by atoms with Gasteiger partial charge in [0, 0.05) is 19.7 Å². The smallest absolute Gasteiger partial charge is 0.0900 e. The zero-order chi connectivity index (χ0) is 13.1. The second kappa shape index (κ2) is 11.3.